The molecule has 1 aliphatic carbocycles. The third-order valence-corrected chi connectivity index (χ3v) is 4.94. The molecule has 0 aromatic carbocycles. The van der Waals surface area contributed by atoms with Crippen LogP contribution < -0.4 is 0 Å². The summed E-state index contributed by atoms with van der Waals surface area (Å²) >= 11 is 0.476. The zero-order valence-electron chi connectivity index (χ0n) is 12.3. The lowest BCUT2D eigenvalue weighted by Gasteiger charge is -2.21. The van der Waals surface area contributed by atoms with E-state index in [1.54, 1.807) is 4.90 Å². The minimum Gasteiger partial charge on any atom is -0.336 e. The maximum atomic E-state index is 12.6. The van der Waals surface area contributed by atoms with E-state index in [0.29, 0.717) is 36.4 Å². The van der Waals surface area contributed by atoms with Gasteiger partial charge < -0.3 is 4.90 Å². The van der Waals surface area contributed by atoms with Crippen molar-refractivity contribution in [1.82, 2.24) is 14.8 Å². The van der Waals surface area contributed by atoms with E-state index < -0.39 is 17.1 Å². The van der Waals surface area contributed by atoms with Gasteiger partial charge >= 0.3 is 6.18 Å². The van der Waals surface area contributed by atoms with Gasteiger partial charge in [-0.1, -0.05) is 6.92 Å². The molecule has 0 bridgehead atoms. The summed E-state index contributed by atoms with van der Waals surface area (Å²) in [6.07, 6.45) is -2.07. The average molecular weight is 333 g/mol. The Balaban J connectivity index is 1.69. The van der Waals surface area contributed by atoms with Crippen molar-refractivity contribution in [3.05, 3.63) is 16.1 Å². The van der Waals surface area contributed by atoms with Crippen LogP contribution in [-0.4, -0.2) is 52.9 Å². The Morgan fingerprint density at radius 3 is 2.64 bits per heavy atom. The van der Waals surface area contributed by atoms with Gasteiger partial charge in [0, 0.05) is 37.6 Å². The number of halogens is 3. The molecule has 1 amide bonds. The Morgan fingerprint density at radius 1 is 1.32 bits per heavy atom. The zero-order valence-corrected chi connectivity index (χ0v) is 13.1. The van der Waals surface area contributed by atoms with Crippen LogP contribution in [0.25, 0.3) is 0 Å². The van der Waals surface area contributed by atoms with Crippen molar-refractivity contribution in [2.75, 3.05) is 26.2 Å². The fourth-order valence-electron chi connectivity index (χ4n) is 2.89. The van der Waals surface area contributed by atoms with Crippen molar-refractivity contribution in [3.8, 4) is 0 Å². The summed E-state index contributed by atoms with van der Waals surface area (Å²) in [5.74, 6) is -0.0796. The first-order valence-corrected chi connectivity index (χ1v) is 8.28. The van der Waals surface area contributed by atoms with Gasteiger partial charge in [0.1, 0.15) is 5.69 Å². The summed E-state index contributed by atoms with van der Waals surface area (Å²) in [6, 6.07) is 0.633. The van der Waals surface area contributed by atoms with E-state index in [4.69, 9.17) is 0 Å². The number of alkyl halides is 3. The number of aromatic nitrogens is 1. The number of amides is 1. The number of thiazole rings is 1. The molecule has 1 saturated carbocycles. The van der Waals surface area contributed by atoms with Crippen molar-refractivity contribution in [3.63, 3.8) is 0 Å². The zero-order chi connectivity index (χ0) is 15.9. The second-order valence-corrected chi connectivity index (χ2v) is 6.98. The highest BCUT2D eigenvalue weighted by Gasteiger charge is 2.37. The maximum absolute atomic E-state index is 12.6. The van der Waals surface area contributed by atoms with Crippen LogP contribution in [0.2, 0.25) is 0 Å². The molecule has 22 heavy (non-hydrogen) atoms. The van der Waals surface area contributed by atoms with Crippen molar-refractivity contribution >= 4 is 17.2 Å². The molecule has 2 aliphatic rings. The van der Waals surface area contributed by atoms with Gasteiger partial charge in [0.15, 0.2) is 5.01 Å². The molecule has 0 radical (unpaired) electrons. The number of hydrogen-bond donors (Lipinski definition) is 0. The summed E-state index contributed by atoms with van der Waals surface area (Å²) in [7, 11) is 0. The molecule has 1 aliphatic heterocycles. The Kier molecular flexibility index (Phi) is 4.15. The summed E-state index contributed by atoms with van der Waals surface area (Å²) in [6.45, 7) is 4.93. The van der Waals surface area contributed by atoms with E-state index in [-0.39, 0.29) is 5.69 Å². The van der Waals surface area contributed by atoms with E-state index in [1.165, 1.54) is 18.2 Å². The van der Waals surface area contributed by atoms with E-state index in [1.807, 2.05) is 0 Å². The maximum Gasteiger partial charge on any atom is 0.443 e. The molecular weight excluding hydrogens is 315 g/mol. The van der Waals surface area contributed by atoms with Crippen molar-refractivity contribution in [2.45, 2.75) is 32.0 Å². The Hall–Kier alpha value is -1.15. The lowest BCUT2D eigenvalue weighted by molar-refractivity contribution is -0.137. The first kappa shape index (κ1) is 15.7. The molecule has 4 nitrogen and oxygen atoms in total. The fraction of sp³-hybridized carbons (Fsp3) is 0.714. The Morgan fingerprint density at radius 2 is 2.05 bits per heavy atom. The lowest BCUT2D eigenvalue weighted by atomic mass is 10.1. The number of hydrogen-bond acceptors (Lipinski definition) is 4. The van der Waals surface area contributed by atoms with Crippen LogP contribution in [0.15, 0.2) is 5.38 Å². The third-order valence-electron chi connectivity index (χ3n) is 4.05. The van der Waals surface area contributed by atoms with E-state index in [2.05, 4.69) is 16.8 Å². The van der Waals surface area contributed by atoms with Gasteiger partial charge in [-0.15, -0.1) is 11.3 Å². The summed E-state index contributed by atoms with van der Waals surface area (Å²) in [5.41, 5.74) is -0.0932. The van der Waals surface area contributed by atoms with Crippen LogP contribution in [0.3, 0.4) is 0 Å². The highest BCUT2D eigenvalue weighted by molar-refractivity contribution is 7.09. The monoisotopic (exact) mass is 333 g/mol. The van der Waals surface area contributed by atoms with E-state index in [9.17, 15) is 18.0 Å². The van der Waals surface area contributed by atoms with Crippen LogP contribution in [0.5, 0.6) is 0 Å². The summed E-state index contributed by atoms with van der Waals surface area (Å²) < 4.78 is 37.8. The normalized spacial score (nSPS) is 24.4. The van der Waals surface area contributed by atoms with Crippen LogP contribution in [0.4, 0.5) is 13.2 Å². The molecule has 2 heterocycles. The second-order valence-electron chi connectivity index (χ2n) is 6.12. The van der Waals surface area contributed by atoms with Gasteiger partial charge in [-0.3, -0.25) is 9.69 Å². The van der Waals surface area contributed by atoms with Gasteiger partial charge in [0.25, 0.3) is 5.91 Å². The number of carbonyl (C=O) groups excluding carboxylic acids is 1. The van der Waals surface area contributed by atoms with Gasteiger partial charge in [-0.2, -0.15) is 13.2 Å². The third kappa shape index (κ3) is 3.43. The number of nitrogens with zero attached hydrogens (tertiary/aromatic N) is 3. The predicted octanol–water partition coefficient (Wildman–Crippen LogP) is 2.72. The van der Waals surface area contributed by atoms with Crippen molar-refractivity contribution in [2.24, 2.45) is 5.92 Å². The molecule has 1 atom stereocenters. The SMILES string of the molecule is C[C@@H]1CN(C(=O)c2csc(C(F)(F)F)n2)CCN(C2CC2)C1. The van der Waals surface area contributed by atoms with Gasteiger partial charge in [0.05, 0.1) is 0 Å². The largest absolute Gasteiger partial charge is 0.443 e. The number of rotatable bonds is 2. The van der Waals surface area contributed by atoms with Gasteiger partial charge in [-0.25, -0.2) is 4.98 Å². The molecule has 1 aromatic heterocycles. The molecule has 8 heteroatoms. The van der Waals surface area contributed by atoms with Crippen LogP contribution >= 0.6 is 11.3 Å². The molecule has 2 fully saturated rings. The molecular formula is C14H18F3N3OS. The Labute approximate surface area is 130 Å². The molecule has 0 spiro atoms. The molecule has 0 N–H and O–H groups in total. The first-order chi connectivity index (χ1) is 10.3. The smallest absolute Gasteiger partial charge is 0.336 e. The highest BCUT2D eigenvalue weighted by Crippen LogP contribution is 2.32. The van der Waals surface area contributed by atoms with E-state index >= 15 is 0 Å². The lowest BCUT2D eigenvalue weighted by Crippen LogP contribution is -2.36. The highest BCUT2D eigenvalue weighted by atomic mass is 32.1. The van der Waals surface area contributed by atoms with Crippen LogP contribution in [0, 0.1) is 5.92 Å². The minimum absolute atomic E-state index is 0.0932. The molecule has 1 saturated heterocycles. The minimum atomic E-state index is -4.49. The predicted molar refractivity (Wildman–Crippen MR) is 76.8 cm³/mol. The standard InChI is InChI=1S/C14H18F3N3OS/c1-9-6-19(10-2-3-10)4-5-20(7-9)12(21)11-8-22-13(18-11)14(15,16)17/h8-10H,2-7H2,1H3/t9-/m0/s1. The topological polar surface area (TPSA) is 36.4 Å². The molecule has 1 aromatic rings. The molecule has 0 unspecified atom stereocenters. The fourth-order valence-corrected chi connectivity index (χ4v) is 3.55. The number of carbonyl (C=O) groups is 1. The van der Waals surface area contributed by atoms with Gasteiger partial charge in [-0.05, 0) is 18.8 Å². The quantitative estimate of drug-likeness (QED) is 0.835. The van der Waals surface area contributed by atoms with Gasteiger partial charge in [0.2, 0.25) is 0 Å². The first-order valence-electron chi connectivity index (χ1n) is 7.40. The van der Waals surface area contributed by atoms with Crippen LogP contribution in [0.1, 0.15) is 35.3 Å². The summed E-state index contributed by atoms with van der Waals surface area (Å²) in [5, 5.41) is 0.248. The van der Waals surface area contributed by atoms with Crippen molar-refractivity contribution < 1.29 is 18.0 Å². The average Bonchev–Trinajstić information content (AvgIpc) is 3.18. The summed E-state index contributed by atoms with van der Waals surface area (Å²) in [4.78, 5) is 19.9. The second kappa shape index (κ2) is 5.81. The molecule has 3 rings (SSSR count). The Bertz CT molecular complexity index is 556. The molecule has 122 valence electrons. The van der Waals surface area contributed by atoms with Crippen LogP contribution in [-0.2, 0) is 6.18 Å². The van der Waals surface area contributed by atoms with E-state index in [0.717, 1.165) is 13.1 Å². The van der Waals surface area contributed by atoms with Crippen molar-refractivity contribution in [1.29, 1.82) is 0 Å².